The van der Waals surface area contributed by atoms with Crippen LogP contribution in [0.3, 0.4) is 0 Å². The number of rotatable bonds is 6. The van der Waals surface area contributed by atoms with Gasteiger partial charge in [-0.25, -0.2) is 4.98 Å². The van der Waals surface area contributed by atoms with Crippen LogP contribution in [0.2, 0.25) is 0 Å². The van der Waals surface area contributed by atoms with Gasteiger partial charge in [0.25, 0.3) is 0 Å². The third-order valence-electron chi connectivity index (χ3n) is 9.76. The molecule has 3 nitrogen and oxygen atoms in total. The molecule has 2 aromatic heterocycles. The average Bonchev–Trinajstić information content (AvgIpc) is 3.87. The first-order valence-electron chi connectivity index (χ1n) is 17.1. The summed E-state index contributed by atoms with van der Waals surface area (Å²) in [6.07, 6.45) is 0. The van der Waals surface area contributed by atoms with E-state index >= 15 is 0 Å². The highest BCUT2D eigenvalue weighted by Gasteiger charge is 2.17. The van der Waals surface area contributed by atoms with E-state index in [1.54, 1.807) is 11.3 Å². The summed E-state index contributed by atoms with van der Waals surface area (Å²) >= 11 is 1.78. The number of anilines is 3. The Morgan fingerprint density at radius 3 is 1.78 bits per heavy atom. The molecule has 0 unspecified atom stereocenters. The highest BCUT2D eigenvalue weighted by molar-refractivity contribution is 7.17. The molecule has 0 aliphatic rings. The molecular formula is C47H30N2OS. The summed E-state index contributed by atoms with van der Waals surface area (Å²) in [4.78, 5) is 7.24. The van der Waals surface area contributed by atoms with Crippen molar-refractivity contribution in [1.29, 1.82) is 0 Å². The predicted molar refractivity (Wildman–Crippen MR) is 215 cm³/mol. The summed E-state index contributed by atoms with van der Waals surface area (Å²) in [6.45, 7) is 0. The van der Waals surface area contributed by atoms with Crippen molar-refractivity contribution in [3.05, 3.63) is 181 Å². The number of aromatic nitrogens is 1. The summed E-state index contributed by atoms with van der Waals surface area (Å²) in [5, 5.41) is 7.89. The van der Waals surface area contributed by atoms with Crippen LogP contribution in [-0.4, -0.2) is 4.98 Å². The maximum absolute atomic E-state index is 6.55. The average molecular weight is 671 g/mol. The SMILES string of the molecule is c1ccc(-c2ccc(N(c3ccc(-c4ccc5sccc5c4)cc3)c3ccc4ccc5ccc6nc(-c7ccccc7)oc6c5c4c3)cc2)cc1. The molecule has 4 heteroatoms. The minimum absolute atomic E-state index is 0.629. The van der Waals surface area contributed by atoms with Crippen LogP contribution >= 0.6 is 11.3 Å². The Hall–Kier alpha value is -6.49. The lowest BCUT2D eigenvalue weighted by Gasteiger charge is -2.26. The van der Waals surface area contributed by atoms with Crippen molar-refractivity contribution in [2.75, 3.05) is 4.90 Å². The molecule has 10 rings (SSSR count). The normalized spacial score (nSPS) is 11.5. The third kappa shape index (κ3) is 5.25. The van der Waals surface area contributed by atoms with E-state index in [0.717, 1.165) is 55.3 Å². The molecule has 8 aromatic carbocycles. The van der Waals surface area contributed by atoms with Crippen molar-refractivity contribution in [3.63, 3.8) is 0 Å². The van der Waals surface area contributed by atoms with Gasteiger partial charge in [0.2, 0.25) is 5.89 Å². The smallest absolute Gasteiger partial charge is 0.227 e. The van der Waals surface area contributed by atoms with Gasteiger partial charge >= 0.3 is 0 Å². The van der Waals surface area contributed by atoms with E-state index in [-0.39, 0.29) is 0 Å². The predicted octanol–water partition coefficient (Wildman–Crippen LogP) is 13.8. The van der Waals surface area contributed by atoms with Crippen LogP contribution in [0.5, 0.6) is 0 Å². The Morgan fingerprint density at radius 2 is 1.04 bits per heavy atom. The highest BCUT2D eigenvalue weighted by atomic mass is 32.1. The van der Waals surface area contributed by atoms with E-state index < -0.39 is 0 Å². The van der Waals surface area contributed by atoms with Crippen molar-refractivity contribution in [1.82, 2.24) is 4.98 Å². The Morgan fingerprint density at radius 1 is 0.451 bits per heavy atom. The second-order valence-electron chi connectivity index (χ2n) is 12.8. The fourth-order valence-corrected chi connectivity index (χ4v) is 7.95. The Labute approximate surface area is 299 Å². The molecular weight excluding hydrogens is 641 g/mol. The first-order valence-corrected chi connectivity index (χ1v) is 18.0. The first-order chi connectivity index (χ1) is 25.2. The number of benzene rings is 8. The van der Waals surface area contributed by atoms with Crippen molar-refractivity contribution in [2.45, 2.75) is 0 Å². The fraction of sp³-hybridized carbons (Fsp3) is 0. The topological polar surface area (TPSA) is 29.3 Å². The zero-order chi connectivity index (χ0) is 33.7. The molecule has 0 aliphatic carbocycles. The molecule has 0 radical (unpaired) electrons. The maximum Gasteiger partial charge on any atom is 0.227 e. The van der Waals surface area contributed by atoms with E-state index in [0.29, 0.717) is 5.89 Å². The van der Waals surface area contributed by atoms with Gasteiger partial charge in [0, 0.05) is 32.7 Å². The van der Waals surface area contributed by atoms with Crippen molar-refractivity contribution in [3.8, 4) is 33.7 Å². The molecule has 0 aliphatic heterocycles. The summed E-state index contributed by atoms with van der Waals surface area (Å²) in [6, 6.07) is 62.6. The summed E-state index contributed by atoms with van der Waals surface area (Å²) in [7, 11) is 0. The van der Waals surface area contributed by atoms with Crippen molar-refractivity contribution >= 4 is 71.1 Å². The zero-order valence-electron chi connectivity index (χ0n) is 27.5. The van der Waals surface area contributed by atoms with Gasteiger partial charge in [-0.15, -0.1) is 11.3 Å². The molecule has 0 amide bonds. The first kappa shape index (κ1) is 29.4. The van der Waals surface area contributed by atoms with Gasteiger partial charge in [-0.05, 0) is 122 Å². The van der Waals surface area contributed by atoms with Crippen LogP contribution in [-0.2, 0) is 0 Å². The summed E-state index contributed by atoms with van der Waals surface area (Å²) < 4.78 is 7.86. The molecule has 0 N–H and O–H groups in total. The van der Waals surface area contributed by atoms with Crippen LogP contribution in [0, 0.1) is 0 Å². The molecule has 0 saturated carbocycles. The lowest BCUT2D eigenvalue weighted by Crippen LogP contribution is -2.09. The number of hydrogen-bond donors (Lipinski definition) is 0. The monoisotopic (exact) mass is 670 g/mol. The number of thiophene rings is 1. The van der Waals surface area contributed by atoms with Crippen molar-refractivity contribution < 1.29 is 4.42 Å². The Kier molecular flexibility index (Phi) is 7.00. The number of fused-ring (bicyclic) bond motifs is 6. The summed E-state index contributed by atoms with van der Waals surface area (Å²) in [5.41, 5.74) is 10.6. The van der Waals surface area contributed by atoms with Gasteiger partial charge in [-0.1, -0.05) is 103 Å². The van der Waals surface area contributed by atoms with Gasteiger partial charge in [-0.3, -0.25) is 0 Å². The number of nitrogens with zero attached hydrogens (tertiary/aromatic N) is 2. The van der Waals surface area contributed by atoms with Crippen LogP contribution in [0.25, 0.3) is 76.4 Å². The van der Waals surface area contributed by atoms with Gasteiger partial charge in [0.1, 0.15) is 5.52 Å². The number of oxazole rings is 1. The minimum Gasteiger partial charge on any atom is -0.435 e. The standard InChI is InChI=1S/C47H30N2OS/c1-3-7-31(8-4-1)32-13-20-39(21-14-32)49(40-22-15-33(16-23-40)37-19-26-44-38(29-37)27-28-51-44)41-24-17-34-11-12-35-18-25-43-46(45(35)42(34)30-41)50-47(48-43)36-9-5-2-6-10-36/h1-30H. The van der Waals surface area contributed by atoms with E-state index in [2.05, 4.69) is 156 Å². The van der Waals surface area contributed by atoms with E-state index in [1.165, 1.54) is 32.3 Å². The van der Waals surface area contributed by atoms with Gasteiger partial charge < -0.3 is 9.32 Å². The minimum atomic E-state index is 0.629. The van der Waals surface area contributed by atoms with Crippen LogP contribution in [0.1, 0.15) is 0 Å². The molecule has 51 heavy (non-hydrogen) atoms. The molecule has 0 atom stereocenters. The zero-order valence-corrected chi connectivity index (χ0v) is 28.3. The Bertz CT molecular complexity index is 2840. The molecule has 240 valence electrons. The molecule has 10 aromatic rings. The third-order valence-corrected chi connectivity index (χ3v) is 10.7. The second kappa shape index (κ2) is 12.1. The van der Waals surface area contributed by atoms with Crippen LogP contribution in [0.4, 0.5) is 17.1 Å². The second-order valence-corrected chi connectivity index (χ2v) is 13.8. The summed E-state index contributed by atoms with van der Waals surface area (Å²) in [5.74, 6) is 0.629. The maximum atomic E-state index is 6.55. The van der Waals surface area contributed by atoms with E-state index in [9.17, 15) is 0 Å². The van der Waals surface area contributed by atoms with Crippen LogP contribution in [0.15, 0.2) is 186 Å². The molecule has 0 fully saturated rings. The number of hydrogen-bond acceptors (Lipinski definition) is 4. The van der Waals surface area contributed by atoms with E-state index in [1.807, 2.05) is 30.3 Å². The van der Waals surface area contributed by atoms with Gasteiger partial charge in [0.15, 0.2) is 5.58 Å². The quantitative estimate of drug-likeness (QED) is 0.165. The lowest BCUT2D eigenvalue weighted by atomic mass is 9.99. The molecule has 2 heterocycles. The van der Waals surface area contributed by atoms with Crippen molar-refractivity contribution in [2.24, 2.45) is 0 Å². The largest absolute Gasteiger partial charge is 0.435 e. The van der Waals surface area contributed by atoms with Gasteiger partial charge in [-0.2, -0.15) is 0 Å². The molecule has 0 spiro atoms. The molecule has 0 bridgehead atoms. The van der Waals surface area contributed by atoms with Gasteiger partial charge in [0.05, 0.1) is 0 Å². The van der Waals surface area contributed by atoms with Crippen LogP contribution < -0.4 is 4.90 Å². The Balaban J connectivity index is 1.13. The lowest BCUT2D eigenvalue weighted by molar-refractivity contribution is 0.623. The van der Waals surface area contributed by atoms with E-state index in [4.69, 9.17) is 9.40 Å². The fourth-order valence-electron chi connectivity index (χ4n) is 7.18. The highest BCUT2D eigenvalue weighted by Crippen LogP contribution is 2.41. The molecule has 0 saturated heterocycles.